The Hall–Kier alpha value is -5.57. The summed E-state index contributed by atoms with van der Waals surface area (Å²) in [7, 11) is 0. The first kappa shape index (κ1) is 39.9. The highest BCUT2D eigenvalue weighted by Crippen LogP contribution is 2.34. The fraction of sp³-hybridized carbons (Fsp3) is 0.533. The van der Waals surface area contributed by atoms with E-state index < -0.39 is 11.9 Å². The molecule has 5 saturated heterocycles. The molecule has 4 N–H and O–H groups in total. The van der Waals surface area contributed by atoms with Gasteiger partial charge in [0.1, 0.15) is 11.9 Å². The summed E-state index contributed by atoms with van der Waals surface area (Å²) >= 11 is 0. The molecule has 0 radical (unpaired) electrons. The molecule has 60 heavy (non-hydrogen) atoms. The SMILES string of the molecule is NC(=O)c1ncc(N2CCC[C@H](N3CCCC3=O)C2)nc1Nc1ccc(C2CCN(CC3CCN(c4ccc5c(c4)CCN(C4CCC(=O)NC4=O)C5=O)CC3)CC2)cc1. The van der Waals surface area contributed by atoms with Crippen molar-refractivity contribution in [1.82, 2.24) is 30.0 Å². The molecule has 5 fully saturated rings. The van der Waals surface area contributed by atoms with Crippen molar-refractivity contribution in [2.24, 2.45) is 11.7 Å². The van der Waals surface area contributed by atoms with Gasteiger partial charge in [0.05, 0.1) is 6.20 Å². The number of likely N-dealkylation sites (tertiary alicyclic amines) is 2. The van der Waals surface area contributed by atoms with Crippen molar-refractivity contribution in [3.8, 4) is 0 Å². The van der Waals surface area contributed by atoms with E-state index in [9.17, 15) is 24.0 Å². The number of rotatable bonds is 10. The minimum absolute atomic E-state index is 0.0991. The maximum absolute atomic E-state index is 13.4. The summed E-state index contributed by atoms with van der Waals surface area (Å²) in [4.78, 5) is 82.4. The molecule has 1 unspecified atom stereocenters. The molecule has 0 bridgehead atoms. The fourth-order valence-electron chi connectivity index (χ4n) is 10.4. The molecule has 15 nitrogen and oxygen atoms in total. The van der Waals surface area contributed by atoms with Gasteiger partial charge in [0.25, 0.3) is 11.8 Å². The molecule has 0 aliphatic carbocycles. The van der Waals surface area contributed by atoms with Crippen molar-refractivity contribution in [2.75, 3.05) is 74.0 Å². The third-order valence-electron chi connectivity index (χ3n) is 13.8. The number of carbonyl (C=O) groups excluding carboxylic acids is 5. The van der Waals surface area contributed by atoms with Crippen LogP contribution in [0.3, 0.4) is 0 Å². The minimum Gasteiger partial charge on any atom is -0.372 e. The highest BCUT2D eigenvalue weighted by atomic mass is 16.2. The maximum atomic E-state index is 13.4. The number of imide groups is 1. The van der Waals surface area contributed by atoms with Crippen LogP contribution in [0.2, 0.25) is 0 Å². The standard InChI is InChI=1S/C45H56N10O5/c46-42(58)41-43(49-38(26-47-41)53-18-1-3-35(28-53)54-19-2-4-40(54)57)48-33-7-5-30(6-8-33)31-15-20-51(21-16-31)27-29-13-22-52(23-14-29)34-9-10-36-32(25-34)17-24-55(45(36)60)37-11-12-39(56)50-44(37)59/h5-10,25-26,29,31,35,37H,1-4,11-24,27-28H2,(H2,46,58)(H,48,49)(H,50,56,59)/t35-,37?/m0/s1. The highest BCUT2D eigenvalue weighted by Gasteiger charge is 2.38. The molecule has 5 amide bonds. The largest absolute Gasteiger partial charge is 0.372 e. The summed E-state index contributed by atoms with van der Waals surface area (Å²) in [6, 6.07) is 14.1. The first-order valence-corrected chi connectivity index (χ1v) is 22.0. The molecule has 6 aliphatic heterocycles. The number of amides is 5. The average Bonchev–Trinajstić information content (AvgIpc) is 3.70. The van der Waals surface area contributed by atoms with E-state index in [-0.39, 0.29) is 41.8 Å². The summed E-state index contributed by atoms with van der Waals surface area (Å²) in [6.45, 7) is 8.07. The van der Waals surface area contributed by atoms with Gasteiger partial charge >= 0.3 is 0 Å². The van der Waals surface area contributed by atoms with E-state index in [0.717, 1.165) is 108 Å². The quantitative estimate of drug-likeness (QED) is 0.254. The predicted octanol–water partition coefficient (Wildman–Crippen LogP) is 3.81. The normalized spacial score (nSPS) is 23.5. The fourth-order valence-corrected chi connectivity index (χ4v) is 10.4. The zero-order chi connectivity index (χ0) is 41.3. The molecule has 6 aliphatic rings. The number of anilines is 4. The Bertz CT molecular complexity index is 2130. The van der Waals surface area contributed by atoms with Crippen LogP contribution in [0.15, 0.2) is 48.7 Å². The van der Waals surface area contributed by atoms with Crippen LogP contribution in [0.5, 0.6) is 0 Å². The molecule has 2 aromatic carbocycles. The number of nitrogens with two attached hydrogens (primary N) is 1. The van der Waals surface area contributed by atoms with E-state index >= 15 is 0 Å². The number of aromatic nitrogens is 2. The summed E-state index contributed by atoms with van der Waals surface area (Å²) in [6.07, 6.45) is 10.9. The lowest BCUT2D eigenvalue weighted by molar-refractivity contribution is -0.137. The summed E-state index contributed by atoms with van der Waals surface area (Å²) < 4.78 is 0. The number of hydrogen-bond acceptors (Lipinski definition) is 11. The van der Waals surface area contributed by atoms with E-state index in [1.54, 1.807) is 11.1 Å². The van der Waals surface area contributed by atoms with Gasteiger partial charge in [0, 0.05) is 81.6 Å². The van der Waals surface area contributed by atoms with E-state index in [1.807, 2.05) is 29.2 Å². The van der Waals surface area contributed by atoms with E-state index in [1.165, 1.54) is 5.56 Å². The zero-order valence-corrected chi connectivity index (χ0v) is 34.3. The molecular weight excluding hydrogens is 761 g/mol. The predicted molar refractivity (Wildman–Crippen MR) is 227 cm³/mol. The maximum Gasteiger partial charge on any atom is 0.271 e. The van der Waals surface area contributed by atoms with Crippen LogP contribution in [0.25, 0.3) is 0 Å². The summed E-state index contributed by atoms with van der Waals surface area (Å²) in [5.74, 6) is 0.981. The lowest BCUT2D eigenvalue weighted by atomic mass is 9.88. The van der Waals surface area contributed by atoms with Crippen LogP contribution in [0, 0.1) is 5.92 Å². The zero-order valence-electron chi connectivity index (χ0n) is 34.3. The summed E-state index contributed by atoms with van der Waals surface area (Å²) in [5, 5.41) is 5.70. The van der Waals surface area contributed by atoms with Crippen molar-refractivity contribution in [1.29, 1.82) is 0 Å². The van der Waals surface area contributed by atoms with Gasteiger partial charge in [-0.3, -0.25) is 29.3 Å². The van der Waals surface area contributed by atoms with Gasteiger partial charge < -0.3 is 35.6 Å². The number of nitrogens with one attached hydrogen (secondary N) is 2. The number of primary amides is 1. The second kappa shape index (κ2) is 17.2. The highest BCUT2D eigenvalue weighted by molar-refractivity contribution is 6.04. The first-order chi connectivity index (χ1) is 29.2. The van der Waals surface area contributed by atoms with Crippen molar-refractivity contribution >= 4 is 52.5 Å². The van der Waals surface area contributed by atoms with Crippen LogP contribution in [0.4, 0.5) is 23.0 Å². The Morgan fingerprint density at radius 1 is 0.800 bits per heavy atom. The van der Waals surface area contributed by atoms with Gasteiger partial charge in [-0.1, -0.05) is 12.1 Å². The average molecular weight is 817 g/mol. The molecule has 7 heterocycles. The van der Waals surface area contributed by atoms with Crippen LogP contribution in [-0.4, -0.2) is 125 Å². The van der Waals surface area contributed by atoms with Crippen molar-refractivity contribution in [3.05, 3.63) is 71.0 Å². The number of piperidine rings is 4. The van der Waals surface area contributed by atoms with Crippen molar-refractivity contribution in [3.63, 3.8) is 0 Å². The number of hydrogen-bond donors (Lipinski definition) is 3. The van der Waals surface area contributed by atoms with Crippen molar-refractivity contribution < 1.29 is 24.0 Å². The molecule has 0 spiro atoms. The molecule has 2 atom stereocenters. The Kier molecular flexibility index (Phi) is 11.4. The van der Waals surface area contributed by atoms with Crippen LogP contribution < -0.4 is 26.2 Å². The van der Waals surface area contributed by atoms with Crippen LogP contribution in [0.1, 0.15) is 102 Å². The second-order valence-corrected chi connectivity index (χ2v) is 17.5. The van der Waals surface area contributed by atoms with Gasteiger partial charge in [-0.05, 0) is 124 Å². The van der Waals surface area contributed by atoms with E-state index in [0.29, 0.717) is 61.4 Å². The monoisotopic (exact) mass is 816 g/mol. The van der Waals surface area contributed by atoms with E-state index in [2.05, 4.69) is 48.5 Å². The first-order valence-electron chi connectivity index (χ1n) is 22.0. The smallest absolute Gasteiger partial charge is 0.271 e. The third-order valence-corrected chi connectivity index (χ3v) is 13.8. The summed E-state index contributed by atoms with van der Waals surface area (Å²) in [5.41, 5.74) is 10.8. The Morgan fingerprint density at radius 2 is 1.60 bits per heavy atom. The number of benzene rings is 2. The van der Waals surface area contributed by atoms with Gasteiger partial charge in [-0.15, -0.1) is 0 Å². The number of fused-ring (bicyclic) bond motifs is 1. The van der Waals surface area contributed by atoms with E-state index in [4.69, 9.17) is 10.7 Å². The van der Waals surface area contributed by atoms with Crippen LogP contribution in [-0.2, 0) is 20.8 Å². The molecule has 1 aromatic heterocycles. The Balaban J connectivity index is 0.743. The molecule has 316 valence electrons. The van der Waals surface area contributed by atoms with Crippen LogP contribution >= 0.6 is 0 Å². The van der Waals surface area contributed by atoms with Gasteiger partial charge in [-0.2, -0.15) is 0 Å². The molecule has 15 heteroatoms. The van der Waals surface area contributed by atoms with Gasteiger partial charge in [0.15, 0.2) is 11.5 Å². The molecule has 0 saturated carbocycles. The van der Waals surface area contributed by atoms with Crippen molar-refractivity contribution in [2.45, 2.75) is 88.6 Å². The lowest BCUT2D eigenvalue weighted by Crippen LogP contribution is -2.55. The molecular formula is C45H56N10O5. The molecule has 9 rings (SSSR count). The topological polar surface area (TPSA) is 177 Å². The van der Waals surface area contributed by atoms with Gasteiger partial charge in [-0.25, -0.2) is 9.97 Å². The number of nitrogens with zero attached hydrogens (tertiary/aromatic N) is 7. The minimum atomic E-state index is -0.638. The Labute approximate surface area is 351 Å². The van der Waals surface area contributed by atoms with Gasteiger partial charge in [0.2, 0.25) is 17.7 Å². The lowest BCUT2D eigenvalue weighted by Gasteiger charge is -2.39. The third kappa shape index (κ3) is 8.41. The number of carbonyl (C=O) groups is 5. The molecule has 3 aromatic rings. The second-order valence-electron chi connectivity index (χ2n) is 17.5. The Morgan fingerprint density at radius 3 is 2.33 bits per heavy atom.